The Labute approximate surface area is 133 Å². The summed E-state index contributed by atoms with van der Waals surface area (Å²) in [6.45, 7) is 2.29. The second-order valence-corrected chi connectivity index (χ2v) is 5.63. The first-order valence-corrected chi connectivity index (χ1v) is 7.66. The van der Waals surface area contributed by atoms with Crippen LogP contribution in [-0.2, 0) is 0 Å². The number of nitrogens with zero attached hydrogens (tertiary/aromatic N) is 2. The molecule has 1 amide bonds. The number of nitrogens with one attached hydrogen (secondary N) is 1. The van der Waals surface area contributed by atoms with E-state index >= 15 is 0 Å². The van der Waals surface area contributed by atoms with Crippen LogP contribution in [0.1, 0.15) is 16.8 Å². The highest BCUT2D eigenvalue weighted by atomic mass is 16.3. The molecular weight excluding hydrogens is 296 g/mol. The number of carbonyl (C=O) groups excluding carboxylic acids is 1. The first-order valence-electron chi connectivity index (χ1n) is 7.66. The minimum Gasteiger partial charge on any atom is -0.396 e. The average molecular weight is 316 g/mol. The van der Waals surface area contributed by atoms with E-state index in [1.807, 2.05) is 16.8 Å². The van der Waals surface area contributed by atoms with Gasteiger partial charge < -0.3 is 21.2 Å². The minimum atomic E-state index is -0.733. The Kier molecular flexibility index (Phi) is 4.31. The monoisotopic (exact) mass is 316 g/mol. The Balaban J connectivity index is 2.21. The number of aromatic nitrogens is 1. The third kappa shape index (κ3) is 2.80. The number of pyridine rings is 1. The van der Waals surface area contributed by atoms with E-state index in [9.17, 15) is 14.7 Å². The molecule has 1 fully saturated rings. The molecule has 122 valence electrons. The van der Waals surface area contributed by atoms with E-state index in [4.69, 9.17) is 5.73 Å². The molecule has 1 saturated heterocycles. The first-order chi connectivity index (χ1) is 11.1. The Bertz CT molecular complexity index is 784. The molecule has 2 heterocycles. The summed E-state index contributed by atoms with van der Waals surface area (Å²) in [6.07, 6.45) is 2.11. The summed E-state index contributed by atoms with van der Waals surface area (Å²) in [7, 11) is 0. The van der Waals surface area contributed by atoms with Crippen molar-refractivity contribution in [3.63, 3.8) is 0 Å². The van der Waals surface area contributed by atoms with Gasteiger partial charge in [-0.1, -0.05) is 12.1 Å². The number of carbonyl (C=O) groups is 1. The number of aliphatic hydroxyl groups excluding tert-OH is 1. The number of hydrogen-bond donors (Lipinski definition) is 3. The highest BCUT2D eigenvalue weighted by Crippen LogP contribution is 2.15. The number of piperazine rings is 1. The lowest BCUT2D eigenvalue weighted by Gasteiger charge is -2.39. The second-order valence-electron chi connectivity index (χ2n) is 5.63. The Morgan fingerprint density at radius 3 is 2.91 bits per heavy atom. The lowest BCUT2D eigenvalue weighted by atomic mass is 10.1. The largest absolute Gasteiger partial charge is 0.396 e. The van der Waals surface area contributed by atoms with E-state index in [1.165, 1.54) is 6.20 Å². The lowest BCUT2D eigenvalue weighted by Crippen LogP contribution is -2.57. The van der Waals surface area contributed by atoms with Gasteiger partial charge in [0.15, 0.2) is 0 Å². The molecule has 2 aromatic rings. The first kappa shape index (κ1) is 15.5. The van der Waals surface area contributed by atoms with Gasteiger partial charge in [-0.15, -0.1) is 0 Å². The molecule has 0 saturated carbocycles. The summed E-state index contributed by atoms with van der Waals surface area (Å²) in [5.41, 5.74) is 5.73. The summed E-state index contributed by atoms with van der Waals surface area (Å²) in [5.74, 6) is -0.733. The number of benzene rings is 1. The number of para-hydroxylation sites is 1. The van der Waals surface area contributed by atoms with Crippen LogP contribution in [-0.4, -0.2) is 48.0 Å². The number of amides is 1. The molecule has 1 atom stereocenters. The topological polar surface area (TPSA) is 101 Å². The molecule has 0 bridgehead atoms. The predicted octanol–water partition coefficient (Wildman–Crippen LogP) is -0.607. The van der Waals surface area contributed by atoms with Crippen LogP contribution in [0, 0.1) is 0 Å². The molecule has 1 aliphatic heterocycles. The minimum absolute atomic E-state index is 0.0232. The fourth-order valence-electron chi connectivity index (χ4n) is 3.08. The number of fused-ring (bicyclic) bond motifs is 1. The zero-order valence-electron chi connectivity index (χ0n) is 12.7. The van der Waals surface area contributed by atoms with Gasteiger partial charge in [0.2, 0.25) is 5.43 Å². The maximum atomic E-state index is 12.4. The van der Waals surface area contributed by atoms with Gasteiger partial charge in [0.25, 0.3) is 5.91 Å². The normalized spacial score (nSPS) is 18.3. The van der Waals surface area contributed by atoms with Gasteiger partial charge in [-0.3, -0.25) is 14.3 Å². The van der Waals surface area contributed by atoms with E-state index in [-0.39, 0.29) is 23.6 Å². The SMILES string of the molecule is NC(=O)c1cn(N2CCNCC2CCO)c2ccccc2c1=O. The highest BCUT2D eigenvalue weighted by molar-refractivity contribution is 5.96. The molecule has 7 nitrogen and oxygen atoms in total. The average Bonchev–Trinajstić information content (AvgIpc) is 2.56. The lowest BCUT2D eigenvalue weighted by molar-refractivity contribution is 0.0998. The van der Waals surface area contributed by atoms with Gasteiger partial charge in [-0.25, -0.2) is 0 Å². The number of primary amides is 1. The van der Waals surface area contributed by atoms with E-state index in [1.54, 1.807) is 12.1 Å². The zero-order valence-corrected chi connectivity index (χ0v) is 12.7. The molecule has 1 aromatic carbocycles. The Hall–Kier alpha value is -2.38. The van der Waals surface area contributed by atoms with Crippen LogP contribution in [0.25, 0.3) is 10.9 Å². The number of aliphatic hydroxyl groups is 1. The predicted molar refractivity (Wildman–Crippen MR) is 88.2 cm³/mol. The fourth-order valence-corrected chi connectivity index (χ4v) is 3.08. The third-order valence-corrected chi connectivity index (χ3v) is 4.22. The van der Waals surface area contributed by atoms with Crippen LogP contribution >= 0.6 is 0 Å². The van der Waals surface area contributed by atoms with Crippen molar-refractivity contribution >= 4 is 16.8 Å². The van der Waals surface area contributed by atoms with Gasteiger partial charge in [0, 0.05) is 37.8 Å². The van der Waals surface area contributed by atoms with Crippen LogP contribution in [0.2, 0.25) is 0 Å². The molecule has 0 aliphatic carbocycles. The van der Waals surface area contributed by atoms with Crippen molar-refractivity contribution in [2.75, 3.05) is 31.3 Å². The number of nitrogens with two attached hydrogens (primary N) is 1. The van der Waals surface area contributed by atoms with E-state index in [2.05, 4.69) is 10.3 Å². The summed E-state index contributed by atoms with van der Waals surface area (Å²) in [6, 6.07) is 7.23. The molecule has 0 radical (unpaired) electrons. The molecule has 3 rings (SSSR count). The quantitative estimate of drug-likeness (QED) is 0.699. The molecule has 4 N–H and O–H groups in total. The van der Waals surface area contributed by atoms with Gasteiger partial charge in [0.05, 0.1) is 11.6 Å². The van der Waals surface area contributed by atoms with Crippen LogP contribution < -0.4 is 21.5 Å². The van der Waals surface area contributed by atoms with E-state index in [0.717, 1.165) is 18.6 Å². The van der Waals surface area contributed by atoms with Crippen molar-refractivity contribution in [1.29, 1.82) is 0 Å². The third-order valence-electron chi connectivity index (χ3n) is 4.22. The summed E-state index contributed by atoms with van der Waals surface area (Å²) >= 11 is 0. The van der Waals surface area contributed by atoms with Crippen molar-refractivity contribution in [1.82, 2.24) is 9.99 Å². The highest BCUT2D eigenvalue weighted by Gasteiger charge is 2.24. The number of hydrogen-bond acceptors (Lipinski definition) is 5. The Morgan fingerprint density at radius 1 is 1.39 bits per heavy atom. The van der Waals surface area contributed by atoms with Crippen molar-refractivity contribution < 1.29 is 9.90 Å². The molecule has 1 unspecified atom stereocenters. The fraction of sp³-hybridized carbons (Fsp3) is 0.375. The van der Waals surface area contributed by atoms with Gasteiger partial charge >= 0.3 is 0 Å². The van der Waals surface area contributed by atoms with Crippen molar-refractivity contribution in [2.24, 2.45) is 5.73 Å². The van der Waals surface area contributed by atoms with Gasteiger partial charge in [-0.2, -0.15) is 0 Å². The standard InChI is InChI=1S/C16H20N4O3/c17-16(23)13-10-20(14-4-2-1-3-12(14)15(13)22)19-7-6-18-9-11(19)5-8-21/h1-4,10-11,18,21H,5-9H2,(H2,17,23). The van der Waals surface area contributed by atoms with Crippen LogP contribution in [0.3, 0.4) is 0 Å². The number of rotatable bonds is 4. The van der Waals surface area contributed by atoms with Gasteiger partial charge in [0.1, 0.15) is 5.56 Å². The molecule has 1 aliphatic rings. The van der Waals surface area contributed by atoms with E-state index < -0.39 is 5.91 Å². The summed E-state index contributed by atoms with van der Waals surface area (Å²) in [4.78, 5) is 24.1. The van der Waals surface area contributed by atoms with Crippen LogP contribution in [0.4, 0.5) is 0 Å². The molecular formula is C16H20N4O3. The summed E-state index contributed by atoms with van der Waals surface area (Å²) < 4.78 is 1.83. The van der Waals surface area contributed by atoms with Crippen molar-refractivity contribution in [3.8, 4) is 0 Å². The van der Waals surface area contributed by atoms with E-state index in [0.29, 0.717) is 18.4 Å². The molecule has 7 heteroatoms. The molecule has 1 aromatic heterocycles. The van der Waals surface area contributed by atoms with Crippen molar-refractivity contribution in [3.05, 3.63) is 46.2 Å². The smallest absolute Gasteiger partial charge is 0.254 e. The zero-order chi connectivity index (χ0) is 16.4. The summed E-state index contributed by atoms with van der Waals surface area (Å²) in [5, 5.41) is 15.1. The van der Waals surface area contributed by atoms with Crippen LogP contribution in [0.5, 0.6) is 0 Å². The van der Waals surface area contributed by atoms with Crippen molar-refractivity contribution in [2.45, 2.75) is 12.5 Å². The maximum absolute atomic E-state index is 12.4. The second kappa shape index (κ2) is 6.39. The maximum Gasteiger partial charge on any atom is 0.254 e. The van der Waals surface area contributed by atoms with Crippen LogP contribution in [0.15, 0.2) is 35.3 Å². The Morgan fingerprint density at radius 2 is 2.17 bits per heavy atom. The van der Waals surface area contributed by atoms with Gasteiger partial charge in [-0.05, 0) is 18.6 Å². The molecule has 0 spiro atoms. The molecule has 23 heavy (non-hydrogen) atoms.